The number of nitrogens with zero attached hydrogens (tertiary/aromatic N) is 2. The Bertz CT molecular complexity index is 623. The van der Waals surface area contributed by atoms with Gasteiger partial charge >= 0.3 is 0 Å². The largest absolute Gasteiger partial charge is 0.236 e. The summed E-state index contributed by atoms with van der Waals surface area (Å²) in [7, 11) is 0. The van der Waals surface area contributed by atoms with E-state index < -0.39 is 0 Å². The van der Waals surface area contributed by atoms with Gasteiger partial charge in [0.25, 0.3) is 0 Å². The number of aromatic nitrogens is 2. The van der Waals surface area contributed by atoms with Gasteiger partial charge < -0.3 is 0 Å². The minimum atomic E-state index is 0.612. The van der Waals surface area contributed by atoms with E-state index in [0.29, 0.717) is 5.92 Å². The fourth-order valence-electron chi connectivity index (χ4n) is 3.21. The van der Waals surface area contributed by atoms with Gasteiger partial charge in [0.1, 0.15) is 0 Å². The summed E-state index contributed by atoms with van der Waals surface area (Å²) in [6, 6.07) is 7.66. The predicted molar refractivity (Wildman–Crippen MR) is 92.0 cm³/mol. The van der Waals surface area contributed by atoms with E-state index >= 15 is 0 Å². The minimum absolute atomic E-state index is 0.612. The van der Waals surface area contributed by atoms with E-state index in [2.05, 4.69) is 29.0 Å². The molecule has 0 unspecified atom stereocenters. The summed E-state index contributed by atoms with van der Waals surface area (Å²) in [5, 5.41) is 0.734. The van der Waals surface area contributed by atoms with E-state index in [1.807, 2.05) is 36.7 Å². The van der Waals surface area contributed by atoms with Crippen molar-refractivity contribution in [3.05, 3.63) is 59.4 Å². The summed E-state index contributed by atoms with van der Waals surface area (Å²) in [6.07, 6.45) is 13.5. The average molecular weight is 313 g/mol. The second kappa shape index (κ2) is 7.06. The summed E-state index contributed by atoms with van der Waals surface area (Å²) in [4.78, 5) is 9.08. The van der Waals surface area contributed by atoms with Crippen LogP contribution in [-0.2, 0) is 0 Å². The van der Waals surface area contributed by atoms with Crippen molar-refractivity contribution in [1.82, 2.24) is 9.97 Å². The summed E-state index contributed by atoms with van der Waals surface area (Å²) in [6.45, 7) is 2.11. The van der Waals surface area contributed by atoms with Crippen molar-refractivity contribution in [3.8, 4) is 11.4 Å². The fourth-order valence-corrected chi connectivity index (χ4v) is 3.34. The van der Waals surface area contributed by atoms with Crippen molar-refractivity contribution in [2.24, 2.45) is 5.92 Å². The molecule has 0 spiro atoms. The van der Waals surface area contributed by atoms with Crippen molar-refractivity contribution < 1.29 is 0 Å². The van der Waals surface area contributed by atoms with Crippen molar-refractivity contribution in [2.75, 3.05) is 0 Å². The number of rotatable bonds is 3. The first-order chi connectivity index (χ1) is 10.8. The monoisotopic (exact) mass is 312 g/mol. The van der Waals surface area contributed by atoms with Crippen molar-refractivity contribution in [2.45, 2.75) is 38.5 Å². The lowest BCUT2D eigenvalue weighted by atomic mass is 9.79. The van der Waals surface area contributed by atoms with Gasteiger partial charge in [0.15, 0.2) is 5.82 Å². The molecule has 2 aromatic rings. The number of halogens is 1. The third-order valence-corrected chi connectivity index (χ3v) is 4.73. The van der Waals surface area contributed by atoms with E-state index in [1.54, 1.807) is 0 Å². The molecular formula is C19H21ClN2. The summed E-state index contributed by atoms with van der Waals surface area (Å²) < 4.78 is 0. The van der Waals surface area contributed by atoms with Gasteiger partial charge in [-0.1, -0.05) is 23.8 Å². The first-order valence-electron chi connectivity index (χ1n) is 7.97. The molecule has 0 atom stereocenters. The summed E-state index contributed by atoms with van der Waals surface area (Å²) in [5.41, 5.74) is 2.28. The van der Waals surface area contributed by atoms with E-state index in [4.69, 9.17) is 11.6 Å². The molecule has 1 heterocycles. The SMILES string of the molecule is C/C=C/[C@H]1CC[C@H](c2cnc(-c3ccc(Cl)cc3)nc2)CC1. The van der Waals surface area contributed by atoms with Crippen LogP contribution in [0.5, 0.6) is 0 Å². The normalized spacial score (nSPS) is 22.1. The van der Waals surface area contributed by atoms with Crippen molar-refractivity contribution >= 4 is 11.6 Å². The Morgan fingerprint density at radius 2 is 1.64 bits per heavy atom. The van der Waals surface area contributed by atoms with Crippen LogP contribution in [-0.4, -0.2) is 9.97 Å². The Morgan fingerprint density at radius 1 is 1.00 bits per heavy atom. The molecule has 0 saturated heterocycles. The maximum absolute atomic E-state index is 5.91. The van der Waals surface area contributed by atoms with E-state index in [-0.39, 0.29) is 0 Å². The number of allylic oxidation sites excluding steroid dienone is 2. The van der Waals surface area contributed by atoms with Gasteiger partial charge in [0.2, 0.25) is 0 Å². The quantitative estimate of drug-likeness (QED) is 0.685. The molecule has 0 amide bonds. The molecule has 3 heteroatoms. The van der Waals surface area contributed by atoms with E-state index in [0.717, 1.165) is 22.3 Å². The second-order valence-corrected chi connectivity index (χ2v) is 6.42. The zero-order chi connectivity index (χ0) is 15.4. The minimum Gasteiger partial charge on any atom is -0.236 e. The second-order valence-electron chi connectivity index (χ2n) is 5.98. The van der Waals surface area contributed by atoms with Crippen LogP contribution in [0.2, 0.25) is 5.02 Å². The topological polar surface area (TPSA) is 25.8 Å². The van der Waals surface area contributed by atoms with E-state index in [1.165, 1.54) is 31.2 Å². The lowest BCUT2D eigenvalue weighted by molar-refractivity contribution is 0.375. The number of hydrogen-bond acceptors (Lipinski definition) is 2. The van der Waals surface area contributed by atoms with Crippen LogP contribution in [0.4, 0.5) is 0 Å². The molecule has 3 rings (SSSR count). The van der Waals surface area contributed by atoms with Gasteiger partial charge in [0.05, 0.1) is 0 Å². The van der Waals surface area contributed by atoms with Gasteiger partial charge in [-0.3, -0.25) is 0 Å². The Kier molecular flexibility index (Phi) is 4.89. The average Bonchev–Trinajstić information content (AvgIpc) is 2.57. The molecule has 1 aliphatic carbocycles. The van der Waals surface area contributed by atoms with E-state index in [9.17, 15) is 0 Å². The molecule has 1 aliphatic rings. The van der Waals surface area contributed by atoms with Crippen LogP contribution in [0.3, 0.4) is 0 Å². The lowest BCUT2D eigenvalue weighted by Crippen LogP contribution is -2.12. The molecule has 1 fully saturated rings. The predicted octanol–water partition coefficient (Wildman–Crippen LogP) is 5.65. The van der Waals surface area contributed by atoms with Crippen LogP contribution in [0, 0.1) is 5.92 Å². The zero-order valence-corrected chi connectivity index (χ0v) is 13.6. The third kappa shape index (κ3) is 3.56. The van der Waals surface area contributed by atoms with Crippen LogP contribution in [0.25, 0.3) is 11.4 Å². The number of benzene rings is 1. The Balaban J connectivity index is 1.68. The van der Waals surface area contributed by atoms with Crippen molar-refractivity contribution in [3.63, 3.8) is 0 Å². The highest BCUT2D eigenvalue weighted by Gasteiger charge is 2.21. The molecule has 2 nitrogen and oxygen atoms in total. The molecule has 1 aromatic heterocycles. The van der Waals surface area contributed by atoms with Gasteiger partial charge in [-0.25, -0.2) is 9.97 Å². The van der Waals surface area contributed by atoms with Crippen molar-refractivity contribution in [1.29, 1.82) is 0 Å². The van der Waals surface area contributed by atoms with Crippen LogP contribution < -0.4 is 0 Å². The van der Waals surface area contributed by atoms with Gasteiger partial charge in [-0.15, -0.1) is 0 Å². The molecule has 22 heavy (non-hydrogen) atoms. The van der Waals surface area contributed by atoms with Crippen LogP contribution >= 0.6 is 11.6 Å². The fraction of sp³-hybridized carbons (Fsp3) is 0.368. The Labute approximate surface area is 137 Å². The third-order valence-electron chi connectivity index (χ3n) is 4.48. The molecule has 0 bridgehead atoms. The molecule has 0 radical (unpaired) electrons. The highest BCUT2D eigenvalue weighted by Crippen LogP contribution is 2.36. The highest BCUT2D eigenvalue weighted by atomic mass is 35.5. The molecule has 1 aromatic carbocycles. The Hall–Kier alpha value is -1.67. The molecule has 1 saturated carbocycles. The van der Waals surface area contributed by atoms with Crippen LogP contribution in [0.1, 0.15) is 44.1 Å². The Morgan fingerprint density at radius 3 is 2.23 bits per heavy atom. The van der Waals surface area contributed by atoms with Crippen LogP contribution in [0.15, 0.2) is 48.8 Å². The van der Waals surface area contributed by atoms with Gasteiger partial charge in [-0.05, 0) is 74.3 Å². The number of hydrogen-bond donors (Lipinski definition) is 0. The standard InChI is InChI=1S/C19H21ClN2/c1-2-3-14-4-6-15(7-5-14)17-12-21-19(22-13-17)16-8-10-18(20)11-9-16/h2-3,8-15H,4-7H2,1H3/b3-2+/t14-,15-. The first-order valence-corrected chi connectivity index (χ1v) is 8.34. The highest BCUT2D eigenvalue weighted by molar-refractivity contribution is 6.30. The molecule has 0 aliphatic heterocycles. The van der Waals surface area contributed by atoms with Gasteiger partial charge in [-0.2, -0.15) is 0 Å². The molecule has 114 valence electrons. The molecule has 0 N–H and O–H groups in total. The smallest absolute Gasteiger partial charge is 0.159 e. The zero-order valence-electron chi connectivity index (χ0n) is 12.9. The summed E-state index contributed by atoms with van der Waals surface area (Å²) >= 11 is 5.91. The summed E-state index contributed by atoms with van der Waals surface area (Å²) in [5.74, 6) is 2.14. The van der Waals surface area contributed by atoms with Gasteiger partial charge in [0, 0.05) is 23.0 Å². The molecular weight excluding hydrogens is 292 g/mol. The lowest BCUT2D eigenvalue weighted by Gasteiger charge is -2.26. The maximum atomic E-state index is 5.91. The first kappa shape index (κ1) is 15.2. The maximum Gasteiger partial charge on any atom is 0.159 e.